The van der Waals surface area contributed by atoms with Gasteiger partial charge in [0.05, 0.1) is 0 Å². The summed E-state index contributed by atoms with van der Waals surface area (Å²) in [6.45, 7) is 27.1. The average molecular weight is 1290 g/mol. The molecule has 0 fully saturated rings. The summed E-state index contributed by atoms with van der Waals surface area (Å²) >= 11 is 7.61. The Bertz CT molecular complexity index is 4500. The van der Waals surface area contributed by atoms with Crippen LogP contribution in [0.15, 0.2) is 243 Å². The highest BCUT2D eigenvalue weighted by Gasteiger charge is 2.23. The first-order chi connectivity index (χ1) is 45.6. The quantitative estimate of drug-likeness (QED) is 0.101. The fourth-order valence-electron chi connectivity index (χ4n) is 13.4. The fraction of sp³-hybridized carbons (Fsp3) is 0.136. The van der Waals surface area contributed by atoms with E-state index in [1.165, 1.54) is 150 Å². The van der Waals surface area contributed by atoms with Crippen LogP contribution in [0.2, 0.25) is 0 Å². The van der Waals surface area contributed by atoms with Gasteiger partial charge in [-0.25, -0.2) is 0 Å². The van der Waals surface area contributed by atoms with Crippen LogP contribution in [0.1, 0.15) is 66.8 Å². The molecule has 94 heavy (non-hydrogen) atoms. The van der Waals surface area contributed by atoms with E-state index in [1.807, 2.05) is 45.3 Å². The third-order valence-electron chi connectivity index (χ3n) is 19.5. The monoisotopic (exact) mass is 1290 g/mol. The lowest BCUT2D eigenvalue weighted by Crippen LogP contribution is -2.10. The topological polar surface area (TPSA) is 6.48 Å². The van der Waals surface area contributed by atoms with Crippen molar-refractivity contribution in [3.05, 3.63) is 309 Å². The van der Waals surface area contributed by atoms with Crippen LogP contribution in [0.25, 0.3) is 94.7 Å². The van der Waals surface area contributed by atoms with E-state index in [0.717, 1.165) is 45.3 Å². The molecule has 0 aliphatic rings. The molecule has 6 heteroatoms. The van der Waals surface area contributed by atoms with Crippen molar-refractivity contribution in [3.63, 3.8) is 0 Å². The molecule has 0 aliphatic heterocycles. The Morgan fingerprint density at radius 3 is 0.511 bits per heavy atom. The second-order valence-electron chi connectivity index (χ2n) is 25.3. The fourth-order valence-corrected chi connectivity index (χ4v) is 19.0. The van der Waals surface area contributed by atoms with E-state index in [-0.39, 0.29) is 0 Å². The lowest BCUT2D eigenvalue weighted by molar-refractivity contribution is 1.28. The predicted molar refractivity (Wildman–Crippen MR) is 413 cm³/mol. The summed E-state index contributed by atoms with van der Waals surface area (Å²) in [7, 11) is 0. The summed E-state index contributed by atoms with van der Waals surface area (Å²) < 4.78 is 0. The Kier molecular flexibility index (Phi) is 17.1. The summed E-state index contributed by atoms with van der Waals surface area (Å²) in [5.41, 5.74) is 35.1. The van der Waals surface area contributed by atoms with E-state index < -0.39 is 0 Å². The lowest BCUT2D eigenvalue weighted by atomic mass is 10.0. The number of thiophene rings is 4. The molecule has 10 aromatic carbocycles. The van der Waals surface area contributed by atoms with E-state index in [4.69, 9.17) is 0 Å². The molecular formula is C88H76N2S4. The molecule has 0 saturated carbocycles. The van der Waals surface area contributed by atoms with Crippen molar-refractivity contribution in [2.45, 2.75) is 83.1 Å². The molecular weight excluding hydrogens is 1210 g/mol. The van der Waals surface area contributed by atoms with E-state index in [0.29, 0.717) is 0 Å². The smallest absolute Gasteiger partial charge is 0.0462 e. The molecule has 0 bridgehead atoms. The molecule has 0 amide bonds. The van der Waals surface area contributed by atoms with Gasteiger partial charge in [0.2, 0.25) is 0 Å². The van der Waals surface area contributed by atoms with Crippen molar-refractivity contribution in [1.82, 2.24) is 0 Å². The summed E-state index contributed by atoms with van der Waals surface area (Å²) in [6, 6.07) is 90.1. The van der Waals surface area contributed by atoms with Gasteiger partial charge in [-0.15, -0.1) is 45.3 Å². The van der Waals surface area contributed by atoms with E-state index in [2.05, 4.69) is 336 Å². The minimum atomic E-state index is 1.09. The van der Waals surface area contributed by atoms with Gasteiger partial charge in [0, 0.05) is 73.1 Å². The number of benzene rings is 10. The molecule has 0 atom stereocenters. The Labute approximate surface area is 572 Å². The first-order valence-electron chi connectivity index (χ1n) is 32.5. The van der Waals surface area contributed by atoms with Gasteiger partial charge in [0.15, 0.2) is 0 Å². The maximum Gasteiger partial charge on any atom is 0.0462 e. The Balaban J connectivity index is 0.801. The number of anilines is 6. The minimum Gasteiger partial charge on any atom is -0.311 e. The van der Waals surface area contributed by atoms with Gasteiger partial charge in [0.25, 0.3) is 0 Å². The number of aryl methyl sites for hydroxylation is 4. The summed E-state index contributed by atoms with van der Waals surface area (Å²) in [5.74, 6) is 0. The van der Waals surface area contributed by atoms with E-state index in [1.54, 1.807) is 0 Å². The lowest BCUT2D eigenvalue weighted by Gasteiger charge is -2.27. The standard InChI is InChI=1S/C88H76N2S4/c1-53-21-13-17-25-77(53)85-61(9)57(5)81(91-85)67-33-45-73(46-34-67)89(74-47-35-68(36-48-74)82-58(6)62(10)86(92-82)78-26-18-14-22-54(78)2)71-41-29-65(30-42-71)66-31-43-72(44-32-66)90(75-49-37-69(38-50-75)83-59(7)63(11)87(93-83)79-27-19-15-23-55(79)3)76-51-39-70(40-52-76)84-60(8)64(12)88(94-84)80-28-20-16-24-56(80)4/h13-52H,1-12H3. The van der Waals surface area contributed by atoms with Crippen molar-refractivity contribution in [3.8, 4) is 94.7 Å². The van der Waals surface area contributed by atoms with Crippen LogP contribution in [-0.4, -0.2) is 0 Å². The van der Waals surface area contributed by atoms with Crippen molar-refractivity contribution in [2.24, 2.45) is 0 Å². The molecule has 0 unspecified atom stereocenters. The zero-order valence-corrected chi connectivity index (χ0v) is 58.9. The van der Waals surface area contributed by atoms with Crippen LogP contribution in [0.3, 0.4) is 0 Å². The molecule has 0 saturated heterocycles. The van der Waals surface area contributed by atoms with Gasteiger partial charge in [-0.1, -0.05) is 170 Å². The maximum absolute atomic E-state index is 2.40. The largest absolute Gasteiger partial charge is 0.311 e. The van der Waals surface area contributed by atoms with Gasteiger partial charge < -0.3 is 9.80 Å². The molecule has 462 valence electrons. The zero-order chi connectivity index (χ0) is 65.1. The molecule has 14 rings (SSSR count). The Hall–Kier alpha value is -9.40. The van der Waals surface area contributed by atoms with Crippen LogP contribution in [0, 0.1) is 83.1 Å². The highest BCUT2D eigenvalue weighted by molar-refractivity contribution is 7.20. The zero-order valence-electron chi connectivity index (χ0n) is 55.6. The first kappa shape index (κ1) is 62.1. The average Bonchev–Trinajstić information content (AvgIpc) is 1.55. The van der Waals surface area contributed by atoms with Gasteiger partial charge in [-0.2, -0.15) is 0 Å². The van der Waals surface area contributed by atoms with Gasteiger partial charge >= 0.3 is 0 Å². The number of hydrogen-bond acceptors (Lipinski definition) is 6. The molecule has 2 nitrogen and oxygen atoms in total. The predicted octanol–water partition coefficient (Wildman–Crippen LogP) is 27.6. The third kappa shape index (κ3) is 11.5. The van der Waals surface area contributed by atoms with Crippen LogP contribution in [0.5, 0.6) is 0 Å². The van der Waals surface area contributed by atoms with Crippen molar-refractivity contribution >= 4 is 79.5 Å². The Morgan fingerprint density at radius 1 is 0.170 bits per heavy atom. The van der Waals surface area contributed by atoms with Crippen LogP contribution >= 0.6 is 45.3 Å². The molecule has 0 aliphatic carbocycles. The number of nitrogens with zero attached hydrogens (tertiary/aromatic N) is 2. The number of rotatable bonds is 15. The van der Waals surface area contributed by atoms with Gasteiger partial charge in [-0.3, -0.25) is 0 Å². The first-order valence-corrected chi connectivity index (χ1v) is 35.7. The minimum absolute atomic E-state index is 1.09. The van der Waals surface area contributed by atoms with Crippen LogP contribution in [0.4, 0.5) is 34.1 Å². The van der Waals surface area contributed by atoms with E-state index in [9.17, 15) is 0 Å². The maximum atomic E-state index is 2.40. The normalized spacial score (nSPS) is 11.4. The summed E-state index contributed by atoms with van der Waals surface area (Å²) in [5, 5.41) is 0. The van der Waals surface area contributed by atoms with Crippen molar-refractivity contribution < 1.29 is 0 Å². The Morgan fingerprint density at radius 2 is 0.330 bits per heavy atom. The highest BCUT2D eigenvalue weighted by Crippen LogP contribution is 2.49. The molecule has 0 N–H and O–H groups in total. The van der Waals surface area contributed by atoms with Gasteiger partial charge in [0.1, 0.15) is 0 Å². The van der Waals surface area contributed by atoms with Crippen LogP contribution in [-0.2, 0) is 0 Å². The molecule has 4 aromatic heterocycles. The molecule has 0 radical (unpaired) electrons. The highest BCUT2D eigenvalue weighted by atomic mass is 32.1. The van der Waals surface area contributed by atoms with E-state index >= 15 is 0 Å². The number of hydrogen-bond donors (Lipinski definition) is 0. The summed E-state index contributed by atoms with van der Waals surface area (Å²) in [6.07, 6.45) is 0. The second kappa shape index (κ2) is 25.8. The van der Waals surface area contributed by atoms with Crippen molar-refractivity contribution in [1.29, 1.82) is 0 Å². The second-order valence-corrected chi connectivity index (χ2v) is 29.3. The SMILES string of the molecule is Cc1ccccc1-c1sc(-c2ccc(N(c3ccc(-c4ccc(N(c5ccc(-c6sc(-c7ccccc7C)c(C)c6C)cc5)c5ccc(-c6sc(-c7ccccc7C)c(C)c6C)cc5)cc4)cc3)c3ccc(-c4sc(-c5ccccc5C)c(C)c4C)cc3)cc2)c(C)c1C. The molecule has 0 spiro atoms. The molecule has 14 aromatic rings. The third-order valence-corrected chi connectivity index (χ3v) is 25.4. The van der Waals surface area contributed by atoms with Gasteiger partial charge in [-0.05, 0) is 278 Å². The van der Waals surface area contributed by atoms with Crippen molar-refractivity contribution in [2.75, 3.05) is 9.80 Å². The van der Waals surface area contributed by atoms with Crippen LogP contribution < -0.4 is 9.80 Å². The molecule has 4 heterocycles. The summed E-state index contributed by atoms with van der Waals surface area (Å²) in [4.78, 5) is 15.5.